The number of hydrogen-bond acceptors (Lipinski definition) is 5. The first-order valence-electron chi connectivity index (χ1n) is 6.47. The molecule has 2 amide bonds. The molecule has 0 bridgehead atoms. The predicted octanol–water partition coefficient (Wildman–Crippen LogP) is 0.0425. The minimum absolute atomic E-state index is 0.260. The maximum atomic E-state index is 12.0. The van der Waals surface area contributed by atoms with Crippen LogP contribution in [0.15, 0.2) is 24.3 Å². The summed E-state index contributed by atoms with van der Waals surface area (Å²) in [5.41, 5.74) is 0.865. The lowest BCUT2D eigenvalue weighted by Gasteiger charge is -2.16. The fourth-order valence-corrected chi connectivity index (χ4v) is 2.08. The Morgan fingerprint density at radius 3 is 2.10 bits per heavy atom. The average molecular weight is 279 g/mol. The summed E-state index contributed by atoms with van der Waals surface area (Å²) in [6.07, 6.45) is -0.153. The molecule has 1 aliphatic rings. The third kappa shape index (κ3) is 2.87. The van der Waals surface area contributed by atoms with Gasteiger partial charge >= 0.3 is 0 Å². The molecule has 6 nitrogen and oxygen atoms in total. The van der Waals surface area contributed by atoms with E-state index in [1.165, 1.54) is 4.90 Å². The molecule has 1 aliphatic heterocycles. The fraction of sp³-hybridized carbons (Fsp3) is 0.429. The monoisotopic (exact) mass is 279 g/mol. The zero-order valence-corrected chi connectivity index (χ0v) is 11.0. The number of benzene rings is 1. The highest BCUT2D eigenvalue weighted by Crippen LogP contribution is 2.22. The average Bonchev–Trinajstić information content (AvgIpc) is 2.72. The van der Waals surface area contributed by atoms with Crippen molar-refractivity contribution in [1.29, 1.82) is 0 Å². The molecule has 1 aromatic rings. The maximum Gasteiger partial charge on any atom is 0.261 e. The van der Waals surface area contributed by atoms with E-state index < -0.39 is 6.10 Å². The standard InChI is InChI=1S/C14H17NO5/c16-8-10(9-17)20-7-3-6-15-13(18)11-4-1-2-5-12(11)14(15)19/h1-2,4-5,10,16-17H,3,6-9H2. The van der Waals surface area contributed by atoms with Gasteiger partial charge in [0, 0.05) is 13.2 Å². The van der Waals surface area contributed by atoms with E-state index in [0.717, 1.165) is 0 Å². The molecule has 1 aromatic carbocycles. The molecule has 0 spiro atoms. The van der Waals surface area contributed by atoms with Gasteiger partial charge in [0.1, 0.15) is 6.10 Å². The fourth-order valence-electron chi connectivity index (χ4n) is 2.08. The minimum Gasteiger partial charge on any atom is -0.394 e. The van der Waals surface area contributed by atoms with Gasteiger partial charge in [0.25, 0.3) is 11.8 Å². The van der Waals surface area contributed by atoms with Crippen molar-refractivity contribution in [2.45, 2.75) is 12.5 Å². The molecule has 0 atom stereocenters. The smallest absolute Gasteiger partial charge is 0.261 e. The first-order chi connectivity index (χ1) is 9.69. The zero-order valence-electron chi connectivity index (χ0n) is 11.0. The highest BCUT2D eigenvalue weighted by atomic mass is 16.5. The topological polar surface area (TPSA) is 87.1 Å². The second-order valence-corrected chi connectivity index (χ2v) is 4.52. The molecular weight excluding hydrogens is 262 g/mol. The Morgan fingerprint density at radius 2 is 1.60 bits per heavy atom. The van der Waals surface area contributed by atoms with Crippen LogP contribution in [0.3, 0.4) is 0 Å². The summed E-state index contributed by atoms with van der Waals surface area (Å²) in [5.74, 6) is -0.571. The number of amides is 2. The van der Waals surface area contributed by atoms with Crippen molar-refractivity contribution in [3.63, 3.8) is 0 Å². The third-order valence-electron chi connectivity index (χ3n) is 3.17. The maximum absolute atomic E-state index is 12.0. The van der Waals surface area contributed by atoms with Crippen molar-refractivity contribution in [3.8, 4) is 0 Å². The van der Waals surface area contributed by atoms with Crippen molar-refractivity contribution < 1.29 is 24.5 Å². The van der Waals surface area contributed by atoms with Gasteiger partial charge in [-0.25, -0.2) is 0 Å². The van der Waals surface area contributed by atoms with Gasteiger partial charge < -0.3 is 14.9 Å². The van der Waals surface area contributed by atoms with Crippen LogP contribution in [0.4, 0.5) is 0 Å². The number of carbonyl (C=O) groups is 2. The van der Waals surface area contributed by atoms with Crippen molar-refractivity contribution in [3.05, 3.63) is 35.4 Å². The lowest BCUT2D eigenvalue weighted by molar-refractivity contribution is -0.0215. The summed E-state index contributed by atoms with van der Waals surface area (Å²) >= 11 is 0. The normalized spacial score (nSPS) is 14.2. The summed E-state index contributed by atoms with van der Waals surface area (Å²) in [5, 5.41) is 17.7. The molecule has 0 saturated heterocycles. The Morgan fingerprint density at radius 1 is 1.05 bits per heavy atom. The van der Waals surface area contributed by atoms with Crippen molar-refractivity contribution >= 4 is 11.8 Å². The van der Waals surface area contributed by atoms with Gasteiger partial charge in [-0.05, 0) is 18.6 Å². The number of aliphatic hydroxyl groups is 2. The van der Waals surface area contributed by atoms with E-state index >= 15 is 0 Å². The lowest BCUT2D eigenvalue weighted by Crippen LogP contribution is -2.32. The molecule has 0 saturated carbocycles. The second kappa shape index (κ2) is 6.60. The third-order valence-corrected chi connectivity index (χ3v) is 3.17. The van der Waals surface area contributed by atoms with Crippen LogP contribution in [0, 0.1) is 0 Å². The molecule has 6 heteroatoms. The zero-order chi connectivity index (χ0) is 14.5. The van der Waals surface area contributed by atoms with Gasteiger partial charge in [0.2, 0.25) is 0 Å². The van der Waals surface area contributed by atoms with Gasteiger partial charge in [0.05, 0.1) is 24.3 Å². The summed E-state index contributed by atoms with van der Waals surface area (Å²) in [4.78, 5) is 25.3. The SMILES string of the molecule is O=C1c2ccccc2C(=O)N1CCCOC(CO)CO. The van der Waals surface area contributed by atoms with Gasteiger partial charge in [-0.3, -0.25) is 14.5 Å². The summed E-state index contributed by atoms with van der Waals surface area (Å²) in [7, 11) is 0. The molecule has 108 valence electrons. The molecule has 0 aliphatic carbocycles. The highest BCUT2D eigenvalue weighted by Gasteiger charge is 2.34. The highest BCUT2D eigenvalue weighted by molar-refractivity contribution is 6.21. The summed E-state index contributed by atoms with van der Waals surface area (Å²) in [6.45, 7) is 0.00213. The van der Waals surface area contributed by atoms with Crippen LogP contribution in [0.1, 0.15) is 27.1 Å². The number of imide groups is 1. The van der Waals surface area contributed by atoms with Crippen LogP contribution < -0.4 is 0 Å². The number of ether oxygens (including phenoxy) is 1. The molecule has 2 rings (SSSR count). The lowest BCUT2D eigenvalue weighted by atomic mass is 10.1. The molecule has 1 heterocycles. The molecular formula is C14H17NO5. The summed E-state index contributed by atoms with van der Waals surface area (Å²) in [6, 6.07) is 6.73. The van der Waals surface area contributed by atoms with Crippen LogP contribution in [0.2, 0.25) is 0 Å². The Bertz CT molecular complexity index is 463. The molecule has 20 heavy (non-hydrogen) atoms. The summed E-state index contributed by atoms with van der Waals surface area (Å²) < 4.78 is 5.20. The van der Waals surface area contributed by atoms with Gasteiger partial charge in [-0.2, -0.15) is 0 Å². The molecule has 0 unspecified atom stereocenters. The molecule has 0 radical (unpaired) electrons. The Hall–Kier alpha value is -1.76. The van der Waals surface area contributed by atoms with Crippen molar-refractivity contribution in [2.75, 3.05) is 26.4 Å². The van der Waals surface area contributed by atoms with Crippen LogP contribution in [0.25, 0.3) is 0 Å². The van der Waals surface area contributed by atoms with Gasteiger partial charge in [0.15, 0.2) is 0 Å². The van der Waals surface area contributed by atoms with Crippen LogP contribution in [-0.4, -0.2) is 59.4 Å². The number of hydrogen-bond donors (Lipinski definition) is 2. The number of rotatable bonds is 7. The quantitative estimate of drug-likeness (QED) is 0.543. The molecule has 0 fully saturated rings. The van der Waals surface area contributed by atoms with Gasteiger partial charge in [-0.1, -0.05) is 12.1 Å². The van der Waals surface area contributed by atoms with Crippen LogP contribution in [-0.2, 0) is 4.74 Å². The molecule has 2 N–H and O–H groups in total. The van der Waals surface area contributed by atoms with Crippen LogP contribution in [0.5, 0.6) is 0 Å². The van der Waals surface area contributed by atoms with Crippen molar-refractivity contribution in [1.82, 2.24) is 4.90 Å². The number of carbonyl (C=O) groups excluding carboxylic acids is 2. The Kier molecular flexibility index (Phi) is 4.84. The van der Waals surface area contributed by atoms with E-state index in [2.05, 4.69) is 0 Å². The van der Waals surface area contributed by atoms with E-state index in [1.807, 2.05) is 0 Å². The van der Waals surface area contributed by atoms with Gasteiger partial charge in [-0.15, -0.1) is 0 Å². The van der Waals surface area contributed by atoms with E-state index in [4.69, 9.17) is 14.9 Å². The van der Waals surface area contributed by atoms with E-state index in [0.29, 0.717) is 17.5 Å². The Labute approximate surface area is 116 Å². The first-order valence-corrected chi connectivity index (χ1v) is 6.47. The predicted molar refractivity (Wildman–Crippen MR) is 70.3 cm³/mol. The largest absolute Gasteiger partial charge is 0.394 e. The molecule has 0 aromatic heterocycles. The number of aliphatic hydroxyl groups excluding tert-OH is 2. The van der Waals surface area contributed by atoms with E-state index in [9.17, 15) is 9.59 Å². The second-order valence-electron chi connectivity index (χ2n) is 4.52. The minimum atomic E-state index is -0.614. The Balaban J connectivity index is 1.87. The number of nitrogens with zero attached hydrogens (tertiary/aromatic N) is 1. The first kappa shape index (κ1) is 14.6. The van der Waals surface area contributed by atoms with E-state index in [1.54, 1.807) is 24.3 Å². The number of fused-ring (bicyclic) bond motifs is 1. The van der Waals surface area contributed by atoms with Crippen molar-refractivity contribution in [2.24, 2.45) is 0 Å². The van der Waals surface area contributed by atoms with E-state index in [-0.39, 0.29) is 38.2 Å². The van der Waals surface area contributed by atoms with Crippen LogP contribution >= 0.6 is 0 Å².